The van der Waals surface area contributed by atoms with Crippen LogP contribution < -0.4 is 0 Å². The molecule has 0 aliphatic rings. The van der Waals surface area contributed by atoms with E-state index in [4.69, 9.17) is 0 Å². The SMILES string of the molecule is CN(CCCc1ccccc1)Cc1nnc(SCc2ccncc2)n1C. The first-order valence-electron chi connectivity index (χ1n) is 8.85. The normalized spacial score (nSPS) is 11.2. The third kappa shape index (κ3) is 5.41. The van der Waals surface area contributed by atoms with Crippen molar-refractivity contribution in [2.45, 2.75) is 30.3 Å². The lowest BCUT2D eigenvalue weighted by atomic mass is 10.1. The predicted molar refractivity (Wildman–Crippen MR) is 106 cm³/mol. The molecule has 0 saturated heterocycles. The van der Waals surface area contributed by atoms with Gasteiger partial charge in [0.05, 0.1) is 6.54 Å². The van der Waals surface area contributed by atoms with Crippen LogP contribution in [0.3, 0.4) is 0 Å². The van der Waals surface area contributed by atoms with Crippen LogP contribution >= 0.6 is 11.8 Å². The van der Waals surface area contributed by atoms with Gasteiger partial charge in [0.2, 0.25) is 0 Å². The fourth-order valence-electron chi connectivity index (χ4n) is 2.75. The van der Waals surface area contributed by atoms with Crippen molar-refractivity contribution in [3.63, 3.8) is 0 Å². The summed E-state index contributed by atoms with van der Waals surface area (Å²) < 4.78 is 2.10. The predicted octanol–water partition coefficient (Wildman–Crippen LogP) is 3.57. The van der Waals surface area contributed by atoms with Crippen molar-refractivity contribution < 1.29 is 0 Å². The summed E-state index contributed by atoms with van der Waals surface area (Å²) in [7, 11) is 4.19. The summed E-state index contributed by atoms with van der Waals surface area (Å²) in [6.07, 6.45) is 5.89. The minimum atomic E-state index is 0.814. The van der Waals surface area contributed by atoms with E-state index in [0.29, 0.717) is 0 Å². The molecule has 3 aromatic rings. The van der Waals surface area contributed by atoms with E-state index < -0.39 is 0 Å². The molecule has 1 aromatic carbocycles. The Bertz CT molecular complexity index is 788. The van der Waals surface area contributed by atoms with Crippen molar-refractivity contribution in [2.75, 3.05) is 13.6 Å². The summed E-state index contributed by atoms with van der Waals surface area (Å²) in [4.78, 5) is 6.36. The molecule has 0 fully saturated rings. The van der Waals surface area contributed by atoms with Gasteiger partial charge >= 0.3 is 0 Å². The first-order chi connectivity index (χ1) is 12.7. The summed E-state index contributed by atoms with van der Waals surface area (Å²) in [5.74, 6) is 1.88. The number of aryl methyl sites for hydroxylation is 1. The van der Waals surface area contributed by atoms with Gasteiger partial charge in [-0.1, -0.05) is 42.1 Å². The Morgan fingerprint density at radius 1 is 1.00 bits per heavy atom. The summed E-state index contributed by atoms with van der Waals surface area (Å²) in [6, 6.07) is 14.7. The van der Waals surface area contributed by atoms with Gasteiger partial charge in [-0.05, 0) is 49.7 Å². The second kappa shape index (κ2) is 9.50. The molecular formula is C20H25N5S. The average Bonchev–Trinajstić information content (AvgIpc) is 3.01. The lowest BCUT2D eigenvalue weighted by molar-refractivity contribution is 0.309. The molecule has 26 heavy (non-hydrogen) atoms. The monoisotopic (exact) mass is 367 g/mol. The van der Waals surface area contributed by atoms with Crippen LogP contribution in [0.1, 0.15) is 23.4 Å². The maximum Gasteiger partial charge on any atom is 0.191 e. The van der Waals surface area contributed by atoms with Crippen LogP contribution in [0.4, 0.5) is 0 Å². The molecule has 6 heteroatoms. The summed E-state index contributed by atoms with van der Waals surface area (Å²) in [6.45, 7) is 1.86. The molecule has 0 spiro atoms. The third-order valence-corrected chi connectivity index (χ3v) is 5.39. The van der Waals surface area contributed by atoms with Gasteiger partial charge in [0.1, 0.15) is 5.82 Å². The van der Waals surface area contributed by atoms with Gasteiger partial charge in [-0.3, -0.25) is 9.88 Å². The lowest BCUT2D eigenvalue weighted by Gasteiger charge is -2.16. The topological polar surface area (TPSA) is 46.8 Å². The average molecular weight is 368 g/mol. The van der Waals surface area contributed by atoms with Gasteiger partial charge in [0, 0.05) is 25.2 Å². The second-order valence-corrected chi connectivity index (χ2v) is 7.37. The van der Waals surface area contributed by atoms with E-state index in [9.17, 15) is 0 Å². The maximum atomic E-state index is 4.37. The number of thioether (sulfide) groups is 1. The molecule has 0 aliphatic carbocycles. The highest BCUT2D eigenvalue weighted by Gasteiger charge is 2.11. The second-order valence-electron chi connectivity index (χ2n) is 6.43. The molecule has 0 radical (unpaired) electrons. The van der Waals surface area contributed by atoms with Gasteiger partial charge in [0.15, 0.2) is 5.16 Å². The van der Waals surface area contributed by atoms with Crippen molar-refractivity contribution in [1.82, 2.24) is 24.6 Å². The van der Waals surface area contributed by atoms with Crippen molar-refractivity contribution in [3.8, 4) is 0 Å². The lowest BCUT2D eigenvalue weighted by Crippen LogP contribution is -2.21. The molecular weight excluding hydrogens is 342 g/mol. The number of rotatable bonds is 9. The first kappa shape index (κ1) is 18.6. The smallest absolute Gasteiger partial charge is 0.191 e. The molecule has 5 nitrogen and oxygen atoms in total. The van der Waals surface area contributed by atoms with Crippen molar-refractivity contribution in [2.24, 2.45) is 7.05 Å². The van der Waals surface area contributed by atoms with E-state index in [-0.39, 0.29) is 0 Å². The van der Waals surface area contributed by atoms with E-state index in [1.807, 2.05) is 31.6 Å². The van der Waals surface area contributed by atoms with Crippen molar-refractivity contribution in [3.05, 3.63) is 71.8 Å². The molecule has 3 rings (SSSR count). The first-order valence-corrected chi connectivity index (χ1v) is 9.83. The quantitative estimate of drug-likeness (QED) is 0.541. The van der Waals surface area contributed by atoms with Crippen LogP contribution in [0, 0.1) is 0 Å². The number of benzene rings is 1. The molecule has 0 aliphatic heterocycles. The Labute approximate surface area is 159 Å². The molecule has 2 heterocycles. The van der Waals surface area contributed by atoms with Gasteiger partial charge < -0.3 is 4.57 Å². The fourth-order valence-corrected chi connectivity index (χ4v) is 3.64. The van der Waals surface area contributed by atoms with E-state index in [1.165, 1.54) is 11.1 Å². The van der Waals surface area contributed by atoms with E-state index in [1.54, 1.807) is 11.8 Å². The van der Waals surface area contributed by atoms with E-state index in [0.717, 1.165) is 42.7 Å². The molecule has 0 amide bonds. The zero-order chi connectivity index (χ0) is 18.2. The van der Waals surface area contributed by atoms with Gasteiger partial charge in [-0.25, -0.2) is 0 Å². The standard InChI is InChI=1S/C20H25N5S/c1-24(14-6-9-17-7-4-3-5-8-17)15-19-22-23-20(25(19)2)26-16-18-10-12-21-13-11-18/h3-5,7-8,10-13H,6,9,14-16H2,1-2H3. The van der Waals surface area contributed by atoms with Crippen LogP contribution in [0.2, 0.25) is 0 Å². The van der Waals surface area contributed by atoms with Gasteiger partial charge in [0.25, 0.3) is 0 Å². The number of pyridine rings is 1. The minimum Gasteiger partial charge on any atom is -0.308 e. The third-order valence-electron chi connectivity index (χ3n) is 4.30. The Morgan fingerprint density at radius 2 is 1.77 bits per heavy atom. The van der Waals surface area contributed by atoms with Crippen LogP contribution in [0.25, 0.3) is 0 Å². The Morgan fingerprint density at radius 3 is 2.54 bits per heavy atom. The zero-order valence-electron chi connectivity index (χ0n) is 15.4. The van der Waals surface area contributed by atoms with Gasteiger partial charge in [-0.15, -0.1) is 10.2 Å². The number of aromatic nitrogens is 4. The molecule has 0 bridgehead atoms. The summed E-state index contributed by atoms with van der Waals surface area (Å²) >= 11 is 1.71. The van der Waals surface area contributed by atoms with Crippen molar-refractivity contribution in [1.29, 1.82) is 0 Å². The largest absolute Gasteiger partial charge is 0.308 e. The Kier molecular flexibility index (Phi) is 6.80. The number of hydrogen-bond donors (Lipinski definition) is 0. The number of hydrogen-bond acceptors (Lipinski definition) is 5. The highest BCUT2D eigenvalue weighted by Crippen LogP contribution is 2.21. The Balaban J connectivity index is 1.46. The number of nitrogens with zero attached hydrogens (tertiary/aromatic N) is 5. The van der Waals surface area contributed by atoms with Crippen LogP contribution in [0.5, 0.6) is 0 Å². The minimum absolute atomic E-state index is 0.814. The maximum absolute atomic E-state index is 4.37. The van der Waals surface area contributed by atoms with Crippen LogP contribution in [-0.2, 0) is 25.8 Å². The summed E-state index contributed by atoms with van der Waals surface area (Å²) in [5.41, 5.74) is 2.64. The van der Waals surface area contributed by atoms with Crippen molar-refractivity contribution >= 4 is 11.8 Å². The molecule has 136 valence electrons. The molecule has 2 aromatic heterocycles. The highest BCUT2D eigenvalue weighted by molar-refractivity contribution is 7.98. The van der Waals surface area contributed by atoms with E-state index >= 15 is 0 Å². The van der Waals surface area contributed by atoms with E-state index in [2.05, 4.69) is 62.0 Å². The molecule has 0 atom stereocenters. The van der Waals surface area contributed by atoms with Crippen LogP contribution in [0.15, 0.2) is 60.0 Å². The van der Waals surface area contributed by atoms with Crippen LogP contribution in [-0.4, -0.2) is 38.2 Å². The molecule has 0 unspecified atom stereocenters. The Hall–Kier alpha value is -2.18. The van der Waals surface area contributed by atoms with Gasteiger partial charge in [-0.2, -0.15) is 0 Å². The zero-order valence-corrected chi connectivity index (χ0v) is 16.2. The molecule has 0 N–H and O–H groups in total. The summed E-state index contributed by atoms with van der Waals surface area (Å²) in [5, 5.41) is 9.67. The molecule has 0 saturated carbocycles. The highest BCUT2D eigenvalue weighted by atomic mass is 32.2. The fraction of sp³-hybridized carbons (Fsp3) is 0.350.